The highest BCUT2D eigenvalue weighted by Gasteiger charge is 2.42. The number of pyridine rings is 1. The Morgan fingerprint density at radius 1 is 1.14 bits per heavy atom. The highest BCUT2D eigenvalue weighted by atomic mass is 19.1. The minimum atomic E-state index is -0.374. The fourth-order valence-corrected chi connectivity index (χ4v) is 5.35. The van der Waals surface area contributed by atoms with Crippen LogP contribution in [0.4, 0.5) is 21.6 Å². The number of aromatic nitrogens is 3. The van der Waals surface area contributed by atoms with Crippen molar-refractivity contribution in [3.63, 3.8) is 0 Å². The number of morpholine rings is 1. The molecule has 2 aromatic heterocycles. The highest BCUT2D eigenvalue weighted by Crippen LogP contribution is 2.42. The monoisotopic (exact) mass is 488 g/mol. The number of likely N-dealkylation sites (N-methyl/N-ethyl adjacent to an activating group) is 1. The molecule has 2 fully saturated rings. The van der Waals surface area contributed by atoms with Gasteiger partial charge in [-0.2, -0.15) is 0 Å². The first-order valence-corrected chi connectivity index (χ1v) is 12.2. The molecule has 2 aliphatic heterocycles. The Hall–Kier alpha value is -3.56. The smallest absolute Gasteiger partial charge is 0.156 e. The molecule has 2 saturated heterocycles. The van der Waals surface area contributed by atoms with Crippen molar-refractivity contribution in [2.45, 2.75) is 31.5 Å². The summed E-state index contributed by atoms with van der Waals surface area (Å²) in [7, 11) is 4.03. The molecule has 186 valence electrons. The summed E-state index contributed by atoms with van der Waals surface area (Å²) < 4.78 is 27.5. The summed E-state index contributed by atoms with van der Waals surface area (Å²) in [6, 6.07) is 11.8. The fraction of sp³-hybridized carbons (Fsp3) is 0.370. The van der Waals surface area contributed by atoms with Crippen molar-refractivity contribution in [2.24, 2.45) is 0 Å². The van der Waals surface area contributed by atoms with Gasteiger partial charge in [-0.3, -0.25) is 4.98 Å². The lowest BCUT2D eigenvalue weighted by Crippen LogP contribution is -2.64. The van der Waals surface area contributed by atoms with Crippen molar-refractivity contribution >= 4 is 39.0 Å². The van der Waals surface area contributed by atoms with Gasteiger partial charge >= 0.3 is 0 Å². The maximum Gasteiger partial charge on any atom is 0.156 e. The van der Waals surface area contributed by atoms with Crippen molar-refractivity contribution in [3.8, 4) is 5.75 Å². The van der Waals surface area contributed by atoms with Gasteiger partial charge in [-0.15, -0.1) is 0 Å². The minimum Gasteiger partial charge on any atom is -0.488 e. The second-order valence-electron chi connectivity index (χ2n) is 9.86. The molecule has 0 radical (unpaired) electrons. The molecule has 3 atom stereocenters. The van der Waals surface area contributed by atoms with E-state index >= 15 is 4.39 Å². The normalized spacial score (nSPS) is 20.0. The highest BCUT2D eigenvalue weighted by molar-refractivity contribution is 5.98. The van der Waals surface area contributed by atoms with Crippen LogP contribution in [-0.4, -0.2) is 71.9 Å². The van der Waals surface area contributed by atoms with Crippen molar-refractivity contribution in [2.75, 3.05) is 44.1 Å². The van der Waals surface area contributed by atoms with E-state index in [0.717, 1.165) is 42.8 Å². The van der Waals surface area contributed by atoms with Crippen LogP contribution >= 0.6 is 0 Å². The molecule has 0 amide bonds. The van der Waals surface area contributed by atoms with E-state index in [9.17, 15) is 0 Å². The fourth-order valence-electron chi connectivity index (χ4n) is 5.35. The molecule has 1 N–H and O–H groups in total. The van der Waals surface area contributed by atoms with Crippen molar-refractivity contribution < 1.29 is 13.9 Å². The summed E-state index contributed by atoms with van der Waals surface area (Å²) >= 11 is 0. The first-order valence-electron chi connectivity index (χ1n) is 12.2. The first-order chi connectivity index (χ1) is 17.5. The Labute approximate surface area is 209 Å². The van der Waals surface area contributed by atoms with Gasteiger partial charge < -0.3 is 24.6 Å². The Kier molecular flexibility index (Phi) is 5.81. The molecule has 4 aromatic rings. The van der Waals surface area contributed by atoms with Gasteiger partial charge in [0.1, 0.15) is 24.0 Å². The maximum absolute atomic E-state index is 15.4. The molecule has 2 aromatic carbocycles. The van der Waals surface area contributed by atoms with Crippen LogP contribution in [0.25, 0.3) is 21.8 Å². The van der Waals surface area contributed by atoms with Crippen LogP contribution in [0.3, 0.4) is 0 Å². The average Bonchev–Trinajstić information content (AvgIpc) is 2.86. The van der Waals surface area contributed by atoms with Crippen LogP contribution in [0.1, 0.15) is 13.3 Å². The molecule has 0 saturated carbocycles. The molecule has 6 rings (SSSR count). The molecule has 2 bridgehead atoms. The topological polar surface area (TPSA) is 75.6 Å². The lowest BCUT2D eigenvalue weighted by molar-refractivity contribution is 0.0103. The zero-order chi connectivity index (χ0) is 24.8. The molecule has 2 unspecified atom stereocenters. The summed E-state index contributed by atoms with van der Waals surface area (Å²) in [6.45, 7) is 4.25. The molecule has 2 aliphatic rings. The van der Waals surface area contributed by atoms with Crippen LogP contribution < -0.4 is 15.0 Å². The Bertz CT molecular complexity index is 1420. The van der Waals surface area contributed by atoms with Gasteiger partial charge in [0.25, 0.3) is 0 Å². The van der Waals surface area contributed by atoms with Gasteiger partial charge in [0.2, 0.25) is 0 Å². The van der Waals surface area contributed by atoms with E-state index in [1.54, 1.807) is 30.5 Å². The number of hydrogen-bond donors (Lipinski definition) is 1. The van der Waals surface area contributed by atoms with Gasteiger partial charge in [0.15, 0.2) is 5.82 Å². The molecule has 9 heteroatoms. The summed E-state index contributed by atoms with van der Waals surface area (Å²) in [4.78, 5) is 17.8. The third-order valence-corrected chi connectivity index (χ3v) is 6.86. The zero-order valence-corrected chi connectivity index (χ0v) is 20.6. The van der Waals surface area contributed by atoms with E-state index in [-0.39, 0.29) is 11.9 Å². The second-order valence-corrected chi connectivity index (χ2v) is 9.86. The Morgan fingerprint density at radius 2 is 1.97 bits per heavy atom. The lowest BCUT2D eigenvalue weighted by Gasteiger charge is -2.53. The summed E-state index contributed by atoms with van der Waals surface area (Å²) in [5, 5.41) is 4.37. The standard InChI is InChI=1S/C27H29FN6O2/c1-16(12-33(2)3)36-24-11-17(34-18-9-19(34)14-35-13-18)10-23-25(24)27(31-15-30-23)32-22-7-6-21-20(26(22)28)5-4-8-29-21/h4-8,10-11,15-16,18-19H,9,12-14H2,1-3H3,(H,30,31,32)/t16-,18?,19?/m1/s1. The molecular formula is C27H29FN6O2. The third-order valence-electron chi connectivity index (χ3n) is 6.86. The molecule has 0 aliphatic carbocycles. The SMILES string of the molecule is C[C@H](CN(C)C)Oc1cc(N2C3COCC2C3)cc2ncnc(Nc3ccc4ncccc4c3F)c12. The van der Waals surface area contributed by atoms with E-state index in [2.05, 4.69) is 42.2 Å². The summed E-state index contributed by atoms with van der Waals surface area (Å²) in [6.07, 6.45) is 4.22. The minimum absolute atomic E-state index is 0.0748. The number of benzene rings is 2. The lowest BCUT2D eigenvalue weighted by atomic mass is 9.90. The number of hydrogen-bond acceptors (Lipinski definition) is 8. The van der Waals surface area contributed by atoms with Crippen LogP contribution in [0, 0.1) is 5.82 Å². The Morgan fingerprint density at radius 3 is 2.75 bits per heavy atom. The van der Waals surface area contributed by atoms with Gasteiger partial charge in [-0.1, -0.05) is 0 Å². The predicted octanol–water partition coefficient (Wildman–Crippen LogP) is 4.37. The van der Waals surface area contributed by atoms with Crippen molar-refractivity contribution in [1.29, 1.82) is 0 Å². The summed E-state index contributed by atoms with van der Waals surface area (Å²) in [5.41, 5.74) is 2.72. The third kappa shape index (κ3) is 4.08. The first kappa shape index (κ1) is 22.9. The number of fused-ring (bicyclic) bond motifs is 4. The number of anilines is 3. The zero-order valence-electron chi connectivity index (χ0n) is 20.6. The van der Waals surface area contributed by atoms with Gasteiger partial charge in [0.05, 0.1) is 47.4 Å². The number of halogens is 1. The van der Waals surface area contributed by atoms with Gasteiger partial charge in [-0.25, -0.2) is 14.4 Å². The van der Waals surface area contributed by atoms with E-state index < -0.39 is 0 Å². The number of nitrogens with one attached hydrogen (secondary N) is 1. The summed E-state index contributed by atoms with van der Waals surface area (Å²) in [5.74, 6) is 0.794. The molecule has 8 nitrogen and oxygen atoms in total. The molecule has 36 heavy (non-hydrogen) atoms. The molecular weight excluding hydrogens is 459 g/mol. The number of nitrogens with zero attached hydrogens (tertiary/aromatic N) is 5. The Balaban J connectivity index is 1.44. The van der Waals surface area contributed by atoms with E-state index in [1.807, 2.05) is 21.0 Å². The van der Waals surface area contributed by atoms with Crippen LogP contribution in [-0.2, 0) is 4.74 Å². The molecule has 0 spiro atoms. The van der Waals surface area contributed by atoms with Gasteiger partial charge in [0, 0.05) is 29.9 Å². The van der Waals surface area contributed by atoms with Crippen LogP contribution in [0.2, 0.25) is 0 Å². The molecule has 4 heterocycles. The number of ether oxygens (including phenoxy) is 2. The van der Waals surface area contributed by atoms with E-state index in [4.69, 9.17) is 9.47 Å². The second kappa shape index (κ2) is 9.15. The number of rotatable bonds is 7. The average molecular weight is 489 g/mol. The predicted molar refractivity (Wildman–Crippen MR) is 139 cm³/mol. The van der Waals surface area contributed by atoms with E-state index in [1.165, 1.54) is 6.33 Å². The van der Waals surface area contributed by atoms with Crippen molar-refractivity contribution in [3.05, 3.63) is 54.7 Å². The largest absolute Gasteiger partial charge is 0.488 e. The quantitative estimate of drug-likeness (QED) is 0.411. The van der Waals surface area contributed by atoms with Crippen LogP contribution in [0.15, 0.2) is 48.9 Å². The van der Waals surface area contributed by atoms with Gasteiger partial charge in [-0.05, 0) is 57.8 Å². The van der Waals surface area contributed by atoms with Crippen LogP contribution in [0.5, 0.6) is 5.75 Å². The maximum atomic E-state index is 15.4. The van der Waals surface area contributed by atoms with E-state index in [0.29, 0.717) is 40.2 Å². The van der Waals surface area contributed by atoms with Crippen molar-refractivity contribution in [1.82, 2.24) is 19.9 Å².